The molecule has 0 aliphatic carbocycles. The van der Waals surface area contributed by atoms with Crippen LogP contribution in [0.5, 0.6) is 0 Å². The highest BCUT2D eigenvalue weighted by atomic mass is 35.5. The Labute approximate surface area is 144 Å². The summed E-state index contributed by atoms with van der Waals surface area (Å²) >= 11 is 0. The highest BCUT2D eigenvalue weighted by Crippen LogP contribution is 2.23. The topological polar surface area (TPSA) is 70.4 Å². The largest absolute Gasteiger partial charge is 0.338 e. The summed E-state index contributed by atoms with van der Waals surface area (Å²) in [5.41, 5.74) is 0.752. The Morgan fingerprint density at radius 1 is 1.43 bits per heavy atom. The lowest BCUT2D eigenvalue weighted by Gasteiger charge is -2.25. The van der Waals surface area contributed by atoms with Gasteiger partial charge in [-0.2, -0.15) is 0 Å². The molecule has 0 aromatic carbocycles. The minimum atomic E-state index is -0.0867. The number of rotatable bonds is 4. The SMILES string of the molecule is CN(CC(=O)Nc1cc(C(C)(C)C)no1)C1CCCNCC1.Cl. The molecule has 1 fully saturated rings. The van der Waals surface area contributed by atoms with Crippen LogP contribution in [0.2, 0.25) is 0 Å². The van der Waals surface area contributed by atoms with Gasteiger partial charge < -0.3 is 9.84 Å². The first-order valence-corrected chi connectivity index (χ1v) is 8.04. The van der Waals surface area contributed by atoms with Crippen molar-refractivity contribution in [3.05, 3.63) is 11.8 Å². The van der Waals surface area contributed by atoms with Crippen LogP contribution in [0.15, 0.2) is 10.6 Å². The van der Waals surface area contributed by atoms with Crippen LogP contribution in [-0.2, 0) is 10.2 Å². The predicted octanol–water partition coefficient (Wildman–Crippen LogP) is 2.41. The molecular weight excluding hydrogens is 316 g/mol. The van der Waals surface area contributed by atoms with E-state index >= 15 is 0 Å². The number of anilines is 1. The summed E-state index contributed by atoms with van der Waals surface area (Å²) in [6, 6.07) is 2.26. The van der Waals surface area contributed by atoms with E-state index in [1.165, 1.54) is 0 Å². The van der Waals surface area contributed by atoms with E-state index in [9.17, 15) is 4.79 Å². The van der Waals surface area contributed by atoms with Crippen LogP contribution < -0.4 is 10.6 Å². The second-order valence-electron chi connectivity index (χ2n) is 7.12. The van der Waals surface area contributed by atoms with Crippen LogP contribution in [0, 0.1) is 0 Å². The summed E-state index contributed by atoms with van der Waals surface area (Å²) in [6.07, 6.45) is 3.38. The number of nitrogens with one attached hydrogen (secondary N) is 2. The number of carbonyl (C=O) groups is 1. The molecule has 1 aromatic rings. The van der Waals surface area contributed by atoms with E-state index in [4.69, 9.17) is 4.52 Å². The molecule has 1 amide bonds. The molecule has 2 heterocycles. The van der Waals surface area contributed by atoms with Gasteiger partial charge in [0.25, 0.3) is 0 Å². The monoisotopic (exact) mass is 344 g/mol. The van der Waals surface area contributed by atoms with Crippen molar-refractivity contribution in [1.82, 2.24) is 15.4 Å². The summed E-state index contributed by atoms with van der Waals surface area (Å²) in [6.45, 7) is 8.65. The molecular formula is C16H29ClN4O2. The van der Waals surface area contributed by atoms with Gasteiger partial charge in [-0.15, -0.1) is 12.4 Å². The second-order valence-corrected chi connectivity index (χ2v) is 7.12. The summed E-state index contributed by atoms with van der Waals surface area (Å²) in [7, 11) is 2.01. The van der Waals surface area contributed by atoms with E-state index in [1.54, 1.807) is 6.07 Å². The van der Waals surface area contributed by atoms with E-state index < -0.39 is 0 Å². The molecule has 23 heavy (non-hydrogen) atoms. The molecule has 1 atom stereocenters. The number of nitrogens with zero attached hydrogens (tertiary/aromatic N) is 2. The number of likely N-dealkylation sites (N-methyl/N-ethyl adjacent to an activating group) is 1. The summed E-state index contributed by atoms with van der Waals surface area (Å²) in [5.74, 6) is 0.363. The zero-order valence-electron chi connectivity index (χ0n) is 14.5. The maximum absolute atomic E-state index is 12.2. The van der Waals surface area contributed by atoms with Crippen molar-refractivity contribution in [1.29, 1.82) is 0 Å². The lowest BCUT2D eigenvalue weighted by atomic mass is 9.92. The van der Waals surface area contributed by atoms with Crippen LogP contribution in [0.4, 0.5) is 5.88 Å². The van der Waals surface area contributed by atoms with Crippen LogP contribution in [-0.4, -0.2) is 48.7 Å². The minimum Gasteiger partial charge on any atom is -0.338 e. The summed E-state index contributed by atoms with van der Waals surface area (Å²) in [4.78, 5) is 14.3. The van der Waals surface area contributed by atoms with Crippen LogP contribution >= 0.6 is 12.4 Å². The third kappa shape index (κ3) is 6.12. The highest BCUT2D eigenvalue weighted by molar-refractivity contribution is 5.91. The van der Waals surface area contributed by atoms with Crippen molar-refractivity contribution in [2.75, 3.05) is 32.0 Å². The molecule has 6 nitrogen and oxygen atoms in total. The first kappa shape index (κ1) is 19.9. The zero-order valence-corrected chi connectivity index (χ0v) is 15.3. The standard InChI is InChI=1S/C16H28N4O2.ClH/c1-16(2,3)13-10-15(22-19-13)18-14(21)11-20(4)12-6-5-8-17-9-7-12;/h10,12,17H,5-9,11H2,1-4H3,(H,18,21);1H. The highest BCUT2D eigenvalue weighted by Gasteiger charge is 2.21. The Hall–Kier alpha value is -1.11. The molecule has 132 valence electrons. The van der Waals surface area contributed by atoms with Crippen LogP contribution in [0.25, 0.3) is 0 Å². The van der Waals surface area contributed by atoms with E-state index in [-0.39, 0.29) is 23.7 Å². The van der Waals surface area contributed by atoms with Crippen LogP contribution in [0.1, 0.15) is 45.7 Å². The van der Waals surface area contributed by atoms with Gasteiger partial charge in [0.1, 0.15) is 0 Å². The van der Waals surface area contributed by atoms with E-state index in [0.717, 1.165) is 38.0 Å². The van der Waals surface area contributed by atoms with Crippen molar-refractivity contribution in [2.45, 2.75) is 51.5 Å². The van der Waals surface area contributed by atoms with Gasteiger partial charge in [0.2, 0.25) is 11.8 Å². The lowest BCUT2D eigenvalue weighted by Crippen LogP contribution is -2.38. The molecule has 0 spiro atoms. The zero-order chi connectivity index (χ0) is 16.2. The van der Waals surface area contributed by atoms with Crippen molar-refractivity contribution in [2.24, 2.45) is 0 Å². The maximum atomic E-state index is 12.2. The van der Waals surface area contributed by atoms with Gasteiger partial charge in [0.05, 0.1) is 12.2 Å². The molecule has 1 aliphatic heterocycles. The fraction of sp³-hybridized carbons (Fsp3) is 0.750. The summed E-state index contributed by atoms with van der Waals surface area (Å²) < 4.78 is 5.20. The quantitative estimate of drug-likeness (QED) is 0.877. The Kier molecular flexibility index (Phi) is 7.51. The third-order valence-electron chi connectivity index (χ3n) is 4.10. The number of aromatic nitrogens is 1. The molecule has 0 bridgehead atoms. The Bertz CT molecular complexity index is 491. The first-order valence-electron chi connectivity index (χ1n) is 8.04. The molecule has 1 aliphatic rings. The molecule has 1 aromatic heterocycles. The second kappa shape index (κ2) is 8.66. The molecule has 0 radical (unpaired) electrons. The maximum Gasteiger partial charge on any atom is 0.240 e. The van der Waals surface area contributed by atoms with Gasteiger partial charge in [-0.1, -0.05) is 25.9 Å². The van der Waals surface area contributed by atoms with E-state index in [2.05, 4.69) is 41.5 Å². The van der Waals surface area contributed by atoms with Gasteiger partial charge in [0.15, 0.2) is 0 Å². The Morgan fingerprint density at radius 3 is 2.83 bits per heavy atom. The normalized spacial score (nSPS) is 19.1. The Balaban J connectivity index is 0.00000264. The number of halogens is 1. The molecule has 1 saturated heterocycles. The molecule has 2 N–H and O–H groups in total. The van der Waals surface area contributed by atoms with Crippen molar-refractivity contribution in [3.63, 3.8) is 0 Å². The molecule has 1 unspecified atom stereocenters. The third-order valence-corrected chi connectivity index (χ3v) is 4.10. The van der Waals surface area contributed by atoms with Crippen LogP contribution in [0.3, 0.4) is 0 Å². The minimum absolute atomic E-state index is 0. The van der Waals surface area contributed by atoms with Gasteiger partial charge in [-0.3, -0.25) is 15.0 Å². The average Bonchev–Trinajstić information content (AvgIpc) is 2.73. The molecule has 7 heteroatoms. The first-order chi connectivity index (χ1) is 10.4. The van der Waals surface area contributed by atoms with E-state index in [1.807, 2.05) is 7.05 Å². The number of amides is 1. The number of hydrogen-bond acceptors (Lipinski definition) is 5. The van der Waals surface area contributed by atoms with Crippen molar-refractivity contribution < 1.29 is 9.32 Å². The fourth-order valence-electron chi connectivity index (χ4n) is 2.66. The van der Waals surface area contributed by atoms with Gasteiger partial charge in [0, 0.05) is 17.5 Å². The summed E-state index contributed by atoms with van der Waals surface area (Å²) in [5, 5.41) is 10.2. The van der Waals surface area contributed by atoms with Gasteiger partial charge in [-0.05, 0) is 39.4 Å². The fourth-order valence-corrected chi connectivity index (χ4v) is 2.66. The molecule has 2 rings (SSSR count). The van der Waals surface area contributed by atoms with Gasteiger partial charge in [-0.25, -0.2) is 0 Å². The van der Waals surface area contributed by atoms with Gasteiger partial charge >= 0.3 is 0 Å². The average molecular weight is 345 g/mol. The predicted molar refractivity (Wildman–Crippen MR) is 94.2 cm³/mol. The number of hydrogen-bond donors (Lipinski definition) is 2. The van der Waals surface area contributed by atoms with Crippen molar-refractivity contribution >= 4 is 24.2 Å². The van der Waals surface area contributed by atoms with Crippen molar-refractivity contribution in [3.8, 4) is 0 Å². The Morgan fingerprint density at radius 2 is 2.17 bits per heavy atom. The smallest absolute Gasteiger partial charge is 0.240 e. The lowest BCUT2D eigenvalue weighted by molar-refractivity contribution is -0.117. The molecule has 0 saturated carbocycles. The van der Waals surface area contributed by atoms with E-state index in [0.29, 0.717) is 18.5 Å². The number of carbonyl (C=O) groups excluding carboxylic acids is 1.